The second kappa shape index (κ2) is 9.49. The van der Waals surface area contributed by atoms with Crippen LogP contribution in [-0.4, -0.2) is 42.1 Å². The van der Waals surface area contributed by atoms with Crippen LogP contribution in [0.4, 0.5) is 8.78 Å². The standard InChI is InChI=1S/C26H32F2N2O2/c1-16(11-22-17(2)13-21(14-18(22)3)26(6,27)28)12-23-19(4)24(15-29-20(23)5)25(31)30-7-9-32-10-8-30/h11,13-15H,7-10,12H2,1-6H3/b16-11+. The summed E-state index contributed by atoms with van der Waals surface area (Å²) in [5, 5.41) is 0. The number of aryl methyl sites for hydroxylation is 3. The monoisotopic (exact) mass is 442 g/mol. The first kappa shape index (κ1) is 24.1. The molecular formula is C26H32F2N2O2. The van der Waals surface area contributed by atoms with Gasteiger partial charge >= 0.3 is 0 Å². The molecule has 1 fully saturated rings. The van der Waals surface area contributed by atoms with Crippen molar-refractivity contribution in [3.63, 3.8) is 0 Å². The van der Waals surface area contributed by atoms with E-state index in [2.05, 4.69) is 11.1 Å². The van der Waals surface area contributed by atoms with Gasteiger partial charge < -0.3 is 9.64 Å². The van der Waals surface area contributed by atoms with E-state index in [0.29, 0.717) is 38.3 Å². The van der Waals surface area contributed by atoms with Gasteiger partial charge in [0.2, 0.25) is 0 Å². The predicted molar refractivity (Wildman–Crippen MR) is 123 cm³/mol. The molecule has 1 aliphatic rings. The predicted octanol–water partition coefficient (Wildman–Crippen LogP) is 5.55. The molecule has 1 aliphatic heterocycles. The van der Waals surface area contributed by atoms with E-state index in [1.807, 2.05) is 39.5 Å². The third-order valence-electron chi connectivity index (χ3n) is 6.16. The van der Waals surface area contributed by atoms with Crippen molar-refractivity contribution in [1.82, 2.24) is 9.88 Å². The highest BCUT2D eigenvalue weighted by atomic mass is 19.3. The van der Waals surface area contributed by atoms with Gasteiger partial charge in [-0.25, -0.2) is 8.78 Å². The highest BCUT2D eigenvalue weighted by Crippen LogP contribution is 2.31. The molecule has 0 radical (unpaired) electrons. The molecule has 0 atom stereocenters. The van der Waals surface area contributed by atoms with E-state index >= 15 is 0 Å². The van der Waals surface area contributed by atoms with Gasteiger partial charge in [-0.2, -0.15) is 0 Å². The molecule has 2 aromatic rings. The maximum absolute atomic E-state index is 13.8. The van der Waals surface area contributed by atoms with E-state index < -0.39 is 5.92 Å². The molecule has 32 heavy (non-hydrogen) atoms. The lowest BCUT2D eigenvalue weighted by atomic mass is 9.92. The molecule has 0 unspecified atom stereocenters. The van der Waals surface area contributed by atoms with Gasteiger partial charge in [-0.1, -0.05) is 11.6 Å². The Bertz CT molecular complexity index is 1030. The molecule has 6 heteroatoms. The van der Waals surface area contributed by atoms with Gasteiger partial charge in [0.15, 0.2) is 0 Å². The van der Waals surface area contributed by atoms with Crippen LogP contribution >= 0.6 is 0 Å². The molecule has 1 aromatic carbocycles. The van der Waals surface area contributed by atoms with Crippen molar-refractivity contribution in [2.75, 3.05) is 26.3 Å². The number of pyridine rings is 1. The van der Waals surface area contributed by atoms with Gasteiger partial charge in [0, 0.05) is 37.5 Å². The minimum Gasteiger partial charge on any atom is -0.378 e. The fourth-order valence-corrected chi connectivity index (χ4v) is 4.21. The van der Waals surface area contributed by atoms with Crippen molar-refractivity contribution < 1.29 is 18.3 Å². The Hall–Kier alpha value is -2.60. The number of rotatable bonds is 5. The van der Waals surface area contributed by atoms with E-state index in [1.165, 1.54) is 0 Å². The number of benzene rings is 1. The summed E-state index contributed by atoms with van der Waals surface area (Å²) in [6.45, 7) is 12.9. The molecule has 0 N–H and O–H groups in total. The van der Waals surface area contributed by atoms with Crippen molar-refractivity contribution in [3.8, 4) is 0 Å². The summed E-state index contributed by atoms with van der Waals surface area (Å²) in [7, 11) is 0. The lowest BCUT2D eigenvalue weighted by Crippen LogP contribution is -2.41. The third-order valence-corrected chi connectivity index (χ3v) is 6.16. The number of carbonyl (C=O) groups excluding carboxylic acids is 1. The Morgan fingerprint density at radius 3 is 2.31 bits per heavy atom. The molecular weight excluding hydrogens is 410 g/mol. The molecule has 4 nitrogen and oxygen atoms in total. The number of carbonyl (C=O) groups is 1. The topological polar surface area (TPSA) is 42.4 Å². The average Bonchev–Trinajstić information content (AvgIpc) is 2.73. The lowest BCUT2D eigenvalue weighted by molar-refractivity contribution is 0.0173. The van der Waals surface area contributed by atoms with E-state index in [0.717, 1.165) is 46.0 Å². The van der Waals surface area contributed by atoms with Gasteiger partial charge in [-0.05, 0) is 81.0 Å². The number of amides is 1. The van der Waals surface area contributed by atoms with Crippen LogP contribution in [-0.2, 0) is 17.1 Å². The number of hydrogen-bond donors (Lipinski definition) is 0. The fraction of sp³-hybridized carbons (Fsp3) is 0.462. The quantitative estimate of drug-likeness (QED) is 0.610. The molecule has 1 aromatic heterocycles. The minimum atomic E-state index is -2.86. The Morgan fingerprint density at radius 1 is 1.16 bits per heavy atom. The van der Waals surface area contributed by atoms with Crippen LogP contribution in [0.15, 0.2) is 23.9 Å². The van der Waals surface area contributed by atoms with Crippen LogP contribution in [0.2, 0.25) is 0 Å². The lowest BCUT2D eigenvalue weighted by Gasteiger charge is -2.27. The van der Waals surface area contributed by atoms with Crippen LogP contribution in [0.25, 0.3) is 6.08 Å². The number of allylic oxidation sites excluding steroid dienone is 1. The number of morpholine rings is 1. The summed E-state index contributed by atoms with van der Waals surface area (Å²) >= 11 is 0. The molecule has 1 amide bonds. The second-order valence-electron chi connectivity index (χ2n) is 8.84. The first-order chi connectivity index (χ1) is 15.0. The fourth-order valence-electron chi connectivity index (χ4n) is 4.21. The summed E-state index contributed by atoms with van der Waals surface area (Å²) < 4.78 is 32.9. The van der Waals surface area contributed by atoms with Crippen molar-refractivity contribution >= 4 is 12.0 Å². The van der Waals surface area contributed by atoms with Gasteiger partial charge in [-0.3, -0.25) is 9.78 Å². The Morgan fingerprint density at radius 2 is 1.75 bits per heavy atom. The smallest absolute Gasteiger partial charge is 0.270 e. The van der Waals surface area contributed by atoms with E-state index in [1.54, 1.807) is 18.3 Å². The highest BCUT2D eigenvalue weighted by molar-refractivity contribution is 5.95. The summed E-state index contributed by atoms with van der Waals surface area (Å²) in [4.78, 5) is 19.3. The number of aromatic nitrogens is 1. The molecule has 0 saturated carbocycles. The van der Waals surface area contributed by atoms with Crippen molar-refractivity contribution in [2.45, 2.75) is 53.9 Å². The molecule has 3 rings (SSSR count). The third kappa shape index (κ3) is 5.23. The maximum Gasteiger partial charge on any atom is 0.270 e. The maximum atomic E-state index is 13.8. The van der Waals surface area contributed by atoms with Crippen molar-refractivity contribution in [2.24, 2.45) is 0 Å². The zero-order valence-corrected chi connectivity index (χ0v) is 19.8. The zero-order valence-electron chi connectivity index (χ0n) is 19.8. The molecule has 0 aliphatic carbocycles. The zero-order chi connectivity index (χ0) is 23.6. The van der Waals surface area contributed by atoms with E-state index in [4.69, 9.17) is 4.74 Å². The summed E-state index contributed by atoms with van der Waals surface area (Å²) in [6.07, 6.45) is 4.36. The highest BCUT2D eigenvalue weighted by Gasteiger charge is 2.25. The van der Waals surface area contributed by atoms with Gasteiger partial charge in [-0.15, -0.1) is 0 Å². The van der Waals surface area contributed by atoms with Crippen LogP contribution in [0.1, 0.15) is 63.3 Å². The molecule has 0 spiro atoms. The molecule has 0 bridgehead atoms. The van der Waals surface area contributed by atoms with Crippen LogP contribution in [0, 0.1) is 27.7 Å². The van der Waals surface area contributed by atoms with Crippen LogP contribution in [0.5, 0.6) is 0 Å². The number of nitrogens with zero attached hydrogens (tertiary/aromatic N) is 2. The van der Waals surface area contributed by atoms with Crippen molar-refractivity contribution in [1.29, 1.82) is 0 Å². The Labute approximate surface area is 189 Å². The number of alkyl halides is 2. The SMILES string of the molecule is C/C(=C\c1c(C)cc(C(C)(F)F)cc1C)Cc1c(C)ncc(C(=O)N2CCOCC2)c1C. The van der Waals surface area contributed by atoms with Gasteiger partial charge in [0.25, 0.3) is 11.8 Å². The number of halogens is 2. The summed E-state index contributed by atoms with van der Waals surface area (Å²) in [6, 6.07) is 3.12. The van der Waals surface area contributed by atoms with E-state index in [-0.39, 0.29) is 11.5 Å². The van der Waals surface area contributed by atoms with Gasteiger partial charge in [0.05, 0.1) is 18.8 Å². The summed E-state index contributed by atoms with van der Waals surface area (Å²) in [5.41, 5.74) is 7.21. The van der Waals surface area contributed by atoms with Crippen molar-refractivity contribution in [3.05, 3.63) is 68.5 Å². The Kier molecular flexibility index (Phi) is 7.13. The minimum absolute atomic E-state index is 0.0102. The first-order valence-electron chi connectivity index (χ1n) is 11.0. The molecule has 1 saturated heterocycles. The van der Waals surface area contributed by atoms with Gasteiger partial charge in [0.1, 0.15) is 0 Å². The van der Waals surface area contributed by atoms with Crippen LogP contribution in [0.3, 0.4) is 0 Å². The van der Waals surface area contributed by atoms with E-state index in [9.17, 15) is 13.6 Å². The Balaban J connectivity index is 1.90. The average molecular weight is 443 g/mol. The normalized spacial score (nSPS) is 15.2. The summed E-state index contributed by atoms with van der Waals surface area (Å²) in [5.74, 6) is -2.87. The second-order valence-corrected chi connectivity index (χ2v) is 8.84. The number of hydrogen-bond acceptors (Lipinski definition) is 3. The van der Waals surface area contributed by atoms with Crippen LogP contribution < -0.4 is 0 Å². The number of ether oxygens (including phenoxy) is 1. The largest absolute Gasteiger partial charge is 0.378 e. The molecule has 172 valence electrons. The first-order valence-corrected chi connectivity index (χ1v) is 11.0. The molecule has 2 heterocycles.